The molecular weight excluding hydrogens is 330 g/mol. The van der Waals surface area contributed by atoms with Crippen LogP contribution in [0.3, 0.4) is 0 Å². The lowest BCUT2D eigenvalue weighted by Crippen LogP contribution is -2.36. The molecule has 3 rings (SSSR count). The number of nitrogen functional groups attached to an aromatic ring is 1. The predicted octanol–water partition coefficient (Wildman–Crippen LogP) is 0.291. The number of anilines is 1. The number of aliphatic hydroxyl groups is 1. The second kappa shape index (κ2) is 5.73. The first-order valence-corrected chi connectivity index (χ1v) is 7.85. The Morgan fingerprint density at radius 2 is 2.35 bits per heavy atom. The van der Waals surface area contributed by atoms with Gasteiger partial charge in [-0.1, -0.05) is 0 Å². The number of aliphatic hydroxyl groups excluding tert-OH is 1. The first-order chi connectivity index (χ1) is 10.8. The molecule has 1 unspecified atom stereocenters. The first kappa shape index (κ1) is 16.2. The van der Waals surface area contributed by atoms with Crippen molar-refractivity contribution in [2.75, 3.05) is 12.3 Å². The molecule has 0 bridgehead atoms. The van der Waals surface area contributed by atoms with Crippen molar-refractivity contribution >= 4 is 19.6 Å². The Kier molecular flexibility index (Phi) is 4.03. The van der Waals surface area contributed by atoms with E-state index in [1.165, 1.54) is 17.8 Å². The van der Waals surface area contributed by atoms with E-state index >= 15 is 0 Å². The Labute approximate surface area is 130 Å². The molecule has 1 fully saturated rings. The van der Waals surface area contributed by atoms with Crippen LogP contribution in [0.1, 0.15) is 12.6 Å². The van der Waals surface area contributed by atoms with Crippen LogP contribution in [0.15, 0.2) is 18.5 Å². The van der Waals surface area contributed by atoms with Gasteiger partial charge in [-0.3, -0.25) is 0 Å². The summed E-state index contributed by atoms with van der Waals surface area (Å²) >= 11 is 0. The van der Waals surface area contributed by atoms with E-state index in [9.17, 15) is 14.1 Å². The standard InChI is InChI=1S/C12H14FN4O5P/c1-12(8-3-2-6-11(14)15-5-16-17(6)8)10(13)9(18)7(22-12)4-21-23(19)20/h2-3,5,7,9-10,18H,4H2,1H3,(H2-,14,15,16,19,20)/p+1/t7-,9-,10-,12+/m1/s1. The smallest absolute Gasteiger partial charge is 0.387 e. The number of ether oxygens (including phenoxy) is 1. The molecule has 0 aromatic carbocycles. The van der Waals surface area contributed by atoms with Crippen molar-refractivity contribution in [3.8, 4) is 0 Å². The topological polar surface area (TPSA) is 132 Å². The van der Waals surface area contributed by atoms with E-state index in [-0.39, 0.29) is 5.82 Å². The van der Waals surface area contributed by atoms with Crippen LogP contribution < -0.4 is 5.73 Å². The monoisotopic (exact) mass is 345 g/mol. The fourth-order valence-electron chi connectivity index (χ4n) is 2.76. The molecule has 1 saturated heterocycles. The van der Waals surface area contributed by atoms with Gasteiger partial charge >= 0.3 is 8.25 Å². The van der Waals surface area contributed by atoms with Gasteiger partial charge in [0.15, 0.2) is 12.0 Å². The largest absolute Gasteiger partial charge is 0.694 e. The van der Waals surface area contributed by atoms with Crippen molar-refractivity contribution in [1.82, 2.24) is 14.6 Å². The summed E-state index contributed by atoms with van der Waals surface area (Å²) in [6.45, 7) is 1.04. The molecule has 124 valence electrons. The van der Waals surface area contributed by atoms with Crippen LogP contribution in [0.25, 0.3) is 5.52 Å². The molecule has 3 heterocycles. The molecule has 1 aliphatic rings. The Hall–Kier alpha value is -1.71. The number of nitrogens with zero attached hydrogens (tertiary/aromatic N) is 3. The number of aromatic nitrogens is 3. The molecule has 4 N–H and O–H groups in total. The summed E-state index contributed by atoms with van der Waals surface area (Å²) < 4.78 is 36.8. The van der Waals surface area contributed by atoms with Crippen LogP contribution >= 0.6 is 8.25 Å². The molecule has 2 aromatic heterocycles. The second-order valence-electron chi connectivity index (χ2n) is 5.35. The van der Waals surface area contributed by atoms with Gasteiger partial charge in [0.25, 0.3) is 0 Å². The van der Waals surface area contributed by atoms with Crippen LogP contribution in [0, 0.1) is 0 Å². The number of hydrogen-bond donors (Lipinski definition) is 3. The van der Waals surface area contributed by atoms with Crippen LogP contribution in [-0.4, -0.2) is 49.6 Å². The van der Waals surface area contributed by atoms with Crippen molar-refractivity contribution in [2.24, 2.45) is 0 Å². The van der Waals surface area contributed by atoms with Crippen LogP contribution in [0.4, 0.5) is 10.2 Å². The lowest BCUT2D eigenvalue weighted by molar-refractivity contribution is -0.0748. The van der Waals surface area contributed by atoms with Crippen molar-refractivity contribution in [3.63, 3.8) is 0 Å². The average Bonchev–Trinajstić information content (AvgIpc) is 3.03. The van der Waals surface area contributed by atoms with Crippen LogP contribution in [-0.2, 0) is 19.4 Å². The lowest BCUT2D eigenvalue weighted by Gasteiger charge is -2.25. The summed E-state index contributed by atoms with van der Waals surface area (Å²) in [5, 5.41) is 14.0. The zero-order chi connectivity index (χ0) is 16.8. The van der Waals surface area contributed by atoms with Crippen molar-refractivity contribution in [2.45, 2.75) is 30.9 Å². The maximum Gasteiger partial charge on any atom is 0.694 e. The summed E-state index contributed by atoms with van der Waals surface area (Å²) in [5.41, 5.74) is 5.04. The van der Waals surface area contributed by atoms with Gasteiger partial charge in [-0.25, -0.2) is 13.9 Å². The SMILES string of the molecule is C[C@@]1(c2ccc3c(N)ncnn23)O[C@H](CO[P+](=O)O)[C@@H](O)[C@H]1F. The van der Waals surface area contributed by atoms with E-state index in [4.69, 9.17) is 15.4 Å². The highest BCUT2D eigenvalue weighted by atomic mass is 31.1. The van der Waals surface area contributed by atoms with E-state index in [2.05, 4.69) is 14.6 Å². The molecule has 2 aromatic rings. The van der Waals surface area contributed by atoms with Gasteiger partial charge in [-0.2, -0.15) is 5.10 Å². The lowest BCUT2D eigenvalue weighted by atomic mass is 9.94. The fraction of sp³-hybridized carbons (Fsp3) is 0.500. The third-order valence-electron chi connectivity index (χ3n) is 3.94. The summed E-state index contributed by atoms with van der Waals surface area (Å²) in [4.78, 5) is 12.5. The maximum atomic E-state index is 14.7. The number of alkyl halides is 1. The molecule has 23 heavy (non-hydrogen) atoms. The van der Waals surface area contributed by atoms with E-state index in [1.54, 1.807) is 12.1 Å². The number of rotatable bonds is 4. The summed E-state index contributed by atoms with van der Waals surface area (Å²) in [6.07, 6.45) is -3.17. The van der Waals surface area contributed by atoms with Crippen molar-refractivity contribution < 1.29 is 28.2 Å². The number of halogens is 1. The highest BCUT2D eigenvalue weighted by molar-refractivity contribution is 7.32. The van der Waals surface area contributed by atoms with Gasteiger partial charge in [0, 0.05) is 4.57 Å². The molecular formula is C12H15FN4O5P+. The Morgan fingerprint density at radius 3 is 3.04 bits per heavy atom. The van der Waals surface area contributed by atoms with Crippen LogP contribution in [0.5, 0.6) is 0 Å². The van der Waals surface area contributed by atoms with Gasteiger partial charge in [0.05, 0.1) is 5.69 Å². The van der Waals surface area contributed by atoms with Gasteiger partial charge in [0.2, 0.25) is 0 Å². The molecule has 9 nitrogen and oxygen atoms in total. The van der Waals surface area contributed by atoms with E-state index in [0.29, 0.717) is 11.2 Å². The van der Waals surface area contributed by atoms with Crippen LogP contribution in [0.2, 0.25) is 0 Å². The average molecular weight is 345 g/mol. The van der Waals surface area contributed by atoms with Gasteiger partial charge in [0.1, 0.15) is 36.3 Å². The normalized spacial score (nSPS) is 31.7. The highest BCUT2D eigenvalue weighted by Crippen LogP contribution is 2.42. The van der Waals surface area contributed by atoms with Gasteiger partial charge < -0.3 is 15.6 Å². The van der Waals surface area contributed by atoms with Crippen molar-refractivity contribution in [1.29, 1.82) is 0 Å². The zero-order valence-electron chi connectivity index (χ0n) is 12.0. The minimum absolute atomic E-state index is 0.223. The summed E-state index contributed by atoms with van der Waals surface area (Å²) in [5.74, 6) is 0.223. The van der Waals surface area contributed by atoms with E-state index < -0.39 is 38.8 Å². The number of fused-ring (bicyclic) bond motifs is 1. The fourth-order valence-corrected chi connectivity index (χ4v) is 3.04. The minimum atomic E-state index is -2.86. The number of hydrogen-bond acceptors (Lipinski definition) is 7. The third kappa shape index (κ3) is 2.58. The molecule has 0 amide bonds. The Balaban J connectivity index is 1.97. The molecule has 1 aliphatic heterocycles. The summed E-state index contributed by atoms with van der Waals surface area (Å²) in [7, 11) is -2.86. The molecule has 0 aliphatic carbocycles. The zero-order valence-corrected chi connectivity index (χ0v) is 12.9. The maximum absolute atomic E-state index is 14.7. The van der Waals surface area contributed by atoms with Gasteiger partial charge in [-0.15, -0.1) is 9.42 Å². The molecule has 11 heteroatoms. The molecule has 5 atom stereocenters. The quantitative estimate of drug-likeness (QED) is 0.674. The number of nitrogens with two attached hydrogens (primary N) is 1. The van der Waals surface area contributed by atoms with Gasteiger partial charge in [-0.05, 0) is 19.1 Å². The molecule has 0 radical (unpaired) electrons. The first-order valence-electron chi connectivity index (χ1n) is 6.72. The Bertz CT molecular complexity index is 758. The molecule has 0 spiro atoms. The van der Waals surface area contributed by atoms with E-state index in [1.807, 2.05) is 0 Å². The predicted molar refractivity (Wildman–Crippen MR) is 76.3 cm³/mol. The highest BCUT2D eigenvalue weighted by Gasteiger charge is 2.55. The van der Waals surface area contributed by atoms with E-state index in [0.717, 1.165) is 0 Å². The second-order valence-corrected chi connectivity index (χ2v) is 6.08. The Morgan fingerprint density at radius 1 is 1.61 bits per heavy atom. The third-order valence-corrected chi connectivity index (χ3v) is 4.31. The minimum Gasteiger partial charge on any atom is -0.387 e. The summed E-state index contributed by atoms with van der Waals surface area (Å²) in [6, 6.07) is 3.20. The molecule has 0 saturated carbocycles. The van der Waals surface area contributed by atoms with Crippen molar-refractivity contribution in [3.05, 3.63) is 24.2 Å².